The SMILES string of the molecule is CCCNc1ccncc1C(=O)NC1CCCC1(C)C. The highest BCUT2D eigenvalue weighted by Gasteiger charge is 2.35. The second-order valence-electron chi connectivity index (χ2n) is 6.25. The molecule has 0 aliphatic heterocycles. The Morgan fingerprint density at radius 3 is 2.95 bits per heavy atom. The van der Waals surface area contributed by atoms with Gasteiger partial charge in [0.2, 0.25) is 0 Å². The van der Waals surface area contributed by atoms with Gasteiger partial charge in [-0.2, -0.15) is 0 Å². The van der Waals surface area contributed by atoms with Crippen LogP contribution in [0.4, 0.5) is 5.69 Å². The molecule has 2 rings (SSSR count). The lowest BCUT2D eigenvalue weighted by molar-refractivity contribution is 0.0910. The summed E-state index contributed by atoms with van der Waals surface area (Å²) < 4.78 is 0. The minimum Gasteiger partial charge on any atom is -0.384 e. The molecule has 0 radical (unpaired) electrons. The zero-order valence-electron chi connectivity index (χ0n) is 12.7. The molecule has 20 heavy (non-hydrogen) atoms. The summed E-state index contributed by atoms with van der Waals surface area (Å²) in [5.41, 5.74) is 1.70. The van der Waals surface area contributed by atoms with Crippen molar-refractivity contribution in [1.82, 2.24) is 10.3 Å². The summed E-state index contributed by atoms with van der Waals surface area (Å²) in [6, 6.07) is 2.12. The van der Waals surface area contributed by atoms with Crippen molar-refractivity contribution >= 4 is 11.6 Å². The maximum absolute atomic E-state index is 12.5. The molecular weight excluding hydrogens is 250 g/mol. The number of anilines is 1. The molecule has 110 valence electrons. The Morgan fingerprint density at radius 2 is 2.30 bits per heavy atom. The predicted octanol–water partition coefficient (Wildman–Crippen LogP) is 3.21. The van der Waals surface area contributed by atoms with Gasteiger partial charge in [-0.3, -0.25) is 9.78 Å². The van der Waals surface area contributed by atoms with E-state index in [1.54, 1.807) is 12.4 Å². The van der Waals surface area contributed by atoms with Gasteiger partial charge in [0, 0.05) is 25.0 Å². The third-order valence-corrected chi connectivity index (χ3v) is 4.19. The summed E-state index contributed by atoms with van der Waals surface area (Å²) in [6.07, 6.45) is 7.82. The van der Waals surface area contributed by atoms with E-state index in [1.165, 1.54) is 12.8 Å². The first-order chi connectivity index (χ1) is 9.54. The first-order valence-corrected chi connectivity index (χ1v) is 7.53. The summed E-state index contributed by atoms with van der Waals surface area (Å²) >= 11 is 0. The lowest BCUT2D eigenvalue weighted by Gasteiger charge is -2.28. The van der Waals surface area contributed by atoms with Crippen LogP contribution in [0.1, 0.15) is 56.8 Å². The first kappa shape index (κ1) is 14.8. The molecule has 0 bridgehead atoms. The maximum Gasteiger partial charge on any atom is 0.255 e. The molecule has 1 aromatic rings. The average Bonchev–Trinajstić information content (AvgIpc) is 2.76. The molecule has 1 heterocycles. The third-order valence-electron chi connectivity index (χ3n) is 4.19. The van der Waals surface area contributed by atoms with Gasteiger partial charge < -0.3 is 10.6 Å². The molecule has 1 amide bonds. The average molecular weight is 275 g/mol. The lowest BCUT2D eigenvalue weighted by atomic mass is 9.87. The maximum atomic E-state index is 12.5. The van der Waals surface area contributed by atoms with Gasteiger partial charge in [-0.25, -0.2) is 0 Å². The Balaban J connectivity index is 2.09. The van der Waals surface area contributed by atoms with E-state index < -0.39 is 0 Å². The van der Waals surface area contributed by atoms with Gasteiger partial charge in [-0.05, 0) is 30.7 Å². The first-order valence-electron chi connectivity index (χ1n) is 7.53. The monoisotopic (exact) mass is 275 g/mol. The highest BCUT2D eigenvalue weighted by molar-refractivity contribution is 5.99. The highest BCUT2D eigenvalue weighted by atomic mass is 16.1. The van der Waals surface area contributed by atoms with E-state index in [2.05, 4.69) is 36.4 Å². The van der Waals surface area contributed by atoms with Crippen molar-refractivity contribution < 1.29 is 4.79 Å². The number of hydrogen-bond donors (Lipinski definition) is 2. The van der Waals surface area contributed by atoms with E-state index in [9.17, 15) is 4.79 Å². The Bertz CT molecular complexity index is 471. The van der Waals surface area contributed by atoms with Gasteiger partial charge in [-0.15, -0.1) is 0 Å². The Labute approximate surface area is 121 Å². The molecule has 0 saturated heterocycles. The van der Waals surface area contributed by atoms with Crippen molar-refractivity contribution in [2.45, 2.75) is 52.5 Å². The van der Waals surface area contributed by atoms with Gasteiger partial charge in [0.15, 0.2) is 0 Å². The quantitative estimate of drug-likeness (QED) is 0.867. The molecule has 1 saturated carbocycles. The van der Waals surface area contributed by atoms with Crippen molar-refractivity contribution in [3.05, 3.63) is 24.0 Å². The molecule has 4 heteroatoms. The van der Waals surface area contributed by atoms with Crippen LogP contribution in [-0.2, 0) is 0 Å². The molecule has 1 unspecified atom stereocenters. The van der Waals surface area contributed by atoms with Crippen molar-refractivity contribution in [1.29, 1.82) is 0 Å². The second kappa shape index (κ2) is 6.25. The summed E-state index contributed by atoms with van der Waals surface area (Å²) in [5.74, 6) is -0.0170. The number of carbonyl (C=O) groups is 1. The highest BCUT2D eigenvalue weighted by Crippen LogP contribution is 2.37. The van der Waals surface area contributed by atoms with Crippen molar-refractivity contribution in [3.63, 3.8) is 0 Å². The molecule has 1 fully saturated rings. The van der Waals surface area contributed by atoms with Crippen LogP contribution >= 0.6 is 0 Å². The number of rotatable bonds is 5. The van der Waals surface area contributed by atoms with E-state index in [4.69, 9.17) is 0 Å². The number of nitrogens with zero attached hydrogens (tertiary/aromatic N) is 1. The van der Waals surface area contributed by atoms with Gasteiger partial charge in [0.05, 0.1) is 11.3 Å². The number of carbonyl (C=O) groups excluding carboxylic acids is 1. The van der Waals surface area contributed by atoms with E-state index >= 15 is 0 Å². The summed E-state index contributed by atoms with van der Waals surface area (Å²) in [5, 5.41) is 6.47. The van der Waals surface area contributed by atoms with Crippen LogP contribution < -0.4 is 10.6 Å². The zero-order chi connectivity index (χ0) is 14.6. The van der Waals surface area contributed by atoms with Crippen LogP contribution in [0.5, 0.6) is 0 Å². The molecule has 2 N–H and O–H groups in total. The zero-order valence-corrected chi connectivity index (χ0v) is 12.7. The fourth-order valence-electron chi connectivity index (χ4n) is 2.82. The minimum atomic E-state index is -0.0170. The van der Waals surface area contributed by atoms with Crippen molar-refractivity contribution in [2.75, 3.05) is 11.9 Å². The number of amides is 1. The molecule has 1 aliphatic carbocycles. The van der Waals surface area contributed by atoms with E-state index in [0.29, 0.717) is 5.56 Å². The topological polar surface area (TPSA) is 54.0 Å². The molecule has 4 nitrogen and oxygen atoms in total. The molecule has 1 atom stereocenters. The van der Waals surface area contributed by atoms with Crippen LogP contribution in [0.3, 0.4) is 0 Å². The van der Waals surface area contributed by atoms with E-state index in [1.807, 2.05) is 6.07 Å². The minimum absolute atomic E-state index is 0.0170. The van der Waals surface area contributed by atoms with Gasteiger partial charge in [-0.1, -0.05) is 27.2 Å². The smallest absolute Gasteiger partial charge is 0.255 e. The Kier molecular flexibility index (Phi) is 4.63. The molecule has 1 aliphatic rings. The van der Waals surface area contributed by atoms with Crippen molar-refractivity contribution in [3.8, 4) is 0 Å². The fraction of sp³-hybridized carbons (Fsp3) is 0.625. The summed E-state index contributed by atoms with van der Waals surface area (Å²) in [4.78, 5) is 16.6. The Hall–Kier alpha value is -1.58. The molecule has 1 aromatic heterocycles. The van der Waals surface area contributed by atoms with Crippen LogP contribution in [-0.4, -0.2) is 23.5 Å². The number of hydrogen-bond acceptors (Lipinski definition) is 3. The standard InChI is InChI=1S/C16H25N3O/c1-4-9-18-13-7-10-17-11-12(13)15(20)19-14-6-5-8-16(14,2)3/h7,10-11,14H,4-6,8-9H2,1-3H3,(H,17,18)(H,19,20). The summed E-state index contributed by atoms with van der Waals surface area (Å²) in [7, 11) is 0. The molecule has 0 aromatic carbocycles. The van der Waals surface area contributed by atoms with Crippen LogP contribution in [0, 0.1) is 5.41 Å². The normalized spacial score (nSPS) is 20.6. The number of pyridine rings is 1. The van der Waals surface area contributed by atoms with Crippen molar-refractivity contribution in [2.24, 2.45) is 5.41 Å². The molecular formula is C16H25N3O. The number of aromatic nitrogens is 1. The van der Waals surface area contributed by atoms with Gasteiger partial charge in [0.25, 0.3) is 5.91 Å². The lowest BCUT2D eigenvalue weighted by Crippen LogP contribution is -2.41. The third kappa shape index (κ3) is 3.30. The van der Waals surface area contributed by atoms with Crippen LogP contribution in [0.2, 0.25) is 0 Å². The fourth-order valence-corrected chi connectivity index (χ4v) is 2.82. The van der Waals surface area contributed by atoms with E-state index in [0.717, 1.165) is 25.1 Å². The van der Waals surface area contributed by atoms with E-state index in [-0.39, 0.29) is 17.4 Å². The largest absolute Gasteiger partial charge is 0.384 e. The van der Waals surface area contributed by atoms with Gasteiger partial charge in [0.1, 0.15) is 0 Å². The summed E-state index contributed by atoms with van der Waals surface area (Å²) in [6.45, 7) is 7.42. The predicted molar refractivity (Wildman–Crippen MR) is 81.9 cm³/mol. The molecule has 0 spiro atoms. The van der Waals surface area contributed by atoms with Gasteiger partial charge >= 0.3 is 0 Å². The number of nitrogens with one attached hydrogen (secondary N) is 2. The Morgan fingerprint density at radius 1 is 1.50 bits per heavy atom. The van der Waals surface area contributed by atoms with Crippen LogP contribution in [0.15, 0.2) is 18.5 Å². The second-order valence-corrected chi connectivity index (χ2v) is 6.25. The van der Waals surface area contributed by atoms with Crippen LogP contribution in [0.25, 0.3) is 0 Å².